The van der Waals surface area contributed by atoms with Gasteiger partial charge in [-0.15, -0.1) is 0 Å². The third-order valence-electron chi connectivity index (χ3n) is 4.83. The highest BCUT2D eigenvalue weighted by atomic mass is 32.2. The third kappa shape index (κ3) is 3.26. The highest BCUT2D eigenvalue weighted by Crippen LogP contribution is 2.25. The number of anilines is 1. The minimum absolute atomic E-state index is 0.118. The minimum Gasteiger partial charge on any atom is -0.369 e. The van der Waals surface area contributed by atoms with Gasteiger partial charge < -0.3 is 9.47 Å². The first-order valence-electron chi connectivity index (χ1n) is 8.46. The highest BCUT2D eigenvalue weighted by molar-refractivity contribution is 7.89. The van der Waals surface area contributed by atoms with E-state index in [1.54, 1.807) is 37.4 Å². The van der Waals surface area contributed by atoms with E-state index < -0.39 is 10.0 Å². The van der Waals surface area contributed by atoms with Gasteiger partial charge in [-0.2, -0.15) is 4.31 Å². The van der Waals surface area contributed by atoms with Crippen molar-refractivity contribution < 1.29 is 12.8 Å². The fraction of sp³-hybridized carbons (Fsp3) is 0.278. The molecule has 0 saturated carbocycles. The van der Waals surface area contributed by atoms with Crippen LogP contribution in [0.1, 0.15) is 0 Å². The molecule has 9 heteroatoms. The predicted octanol–water partition coefficient (Wildman–Crippen LogP) is 2.25. The van der Waals surface area contributed by atoms with Crippen molar-refractivity contribution in [1.82, 2.24) is 8.87 Å². The summed E-state index contributed by atoms with van der Waals surface area (Å²) in [5.74, 6) is -0.293. The van der Waals surface area contributed by atoms with Gasteiger partial charge in [0, 0.05) is 38.9 Å². The van der Waals surface area contributed by atoms with Crippen LogP contribution in [0.15, 0.2) is 52.2 Å². The Kier molecular flexibility index (Phi) is 4.53. The fourth-order valence-electron chi connectivity index (χ4n) is 3.26. The van der Waals surface area contributed by atoms with Gasteiger partial charge in [0.1, 0.15) is 5.82 Å². The highest BCUT2D eigenvalue weighted by Gasteiger charge is 2.29. The van der Waals surface area contributed by atoms with Gasteiger partial charge in [0.15, 0.2) is 0 Å². The Morgan fingerprint density at radius 3 is 2.33 bits per heavy atom. The Balaban J connectivity index is 1.55. The van der Waals surface area contributed by atoms with Crippen molar-refractivity contribution in [2.45, 2.75) is 4.90 Å². The molecule has 0 aliphatic carbocycles. The Labute approximate surface area is 160 Å². The molecule has 0 spiro atoms. The number of rotatable bonds is 3. The first-order chi connectivity index (χ1) is 12.9. The molecule has 1 aliphatic rings. The van der Waals surface area contributed by atoms with Crippen LogP contribution in [0.3, 0.4) is 0 Å². The largest absolute Gasteiger partial charge is 0.369 e. The first kappa shape index (κ1) is 18.1. The Bertz CT molecular complexity index is 1140. The van der Waals surface area contributed by atoms with Crippen LogP contribution >= 0.6 is 11.3 Å². The summed E-state index contributed by atoms with van der Waals surface area (Å²) in [6.45, 7) is 1.77. The summed E-state index contributed by atoms with van der Waals surface area (Å²) in [6.07, 6.45) is 0. The lowest BCUT2D eigenvalue weighted by Crippen LogP contribution is -2.48. The number of halogens is 1. The summed E-state index contributed by atoms with van der Waals surface area (Å²) in [6, 6.07) is 11.0. The molecule has 2 heterocycles. The maximum Gasteiger partial charge on any atom is 0.307 e. The molecule has 1 fully saturated rings. The number of thiazole rings is 1. The maximum absolute atomic E-state index is 13.1. The number of nitrogens with zero attached hydrogens (tertiary/aromatic N) is 3. The molecule has 1 aromatic heterocycles. The number of hydrogen-bond donors (Lipinski definition) is 0. The predicted molar refractivity (Wildman–Crippen MR) is 104 cm³/mol. The van der Waals surface area contributed by atoms with E-state index in [2.05, 4.69) is 0 Å². The van der Waals surface area contributed by atoms with Crippen LogP contribution in [0.25, 0.3) is 10.2 Å². The van der Waals surface area contributed by atoms with Crippen LogP contribution in [-0.4, -0.2) is 43.5 Å². The first-order valence-corrected chi connectivity index (χ1v) is 10.7. The van der Waals surface area contributed by atoms with Gasteiger partial charge in [0.25, 0.3) is 0 Å². The Hall–Kier alpha value is -2.23. The molecule has 0 radical (unpaired) electrons. The summed E-state index contributed by atoms with van der Waals surface area (Å²) < 4.78 is 42.7. The van der Waals surface area contributed by atoms with Crippen molar-refractivity contribution in [3.63, 3.8) is 0 Å². The van der Waals surface area contributed by atoms with Gasteiger partial charge in [0.05, 0.1) is 15.1 Å². The number of benzene rings is 2. The Morgan fingerprint density at radius 2 is 1.67 bits per heavy atom. The molecule has 142 valence electrons. The van der Waals surface area contributed by atoms with Gasteiger partial charge in [-0.1, -0.05) is 11.3 Å². The summed E-state index contributed by atoms with van der Waals surface area (Å²) in [5.41, 5.74) is 1.61. The molecule has 6 nitrogen and oxygen atoms in total. The fourth-order valence-corrected chi connectivity index (χ4v) is 5.70. The van der Waals surface area contributed by atoms with Crippen molar-refractivity contribution in [2.24, 2.45) is 7.05 Å². The second-order valence-corrected chi connectivity index (χ2v) is 9.36. The van der Waals surface area contributed by atoms with Gasteiger partial charge in [-0.05, 0) is 42.5 Å². The molecule has 4 rings (SSSR count). The number of hydrogen-bond acceptors (Lipinski definition) is 5. The smallest absolute Gasteiger partial charge is 0.307 e. The summed E-state index contributed by atoms with van der Waals surface area (Å²) in [5, 5.41) is 0. The molecule has 0 atom stereocenters. The zero-order chi connectivity index (χ0) is 19.2. The minimum atomic E-state index is -3.63. The number of aromatic nitrogens is 1. The van der Waals surface area contributed by atoms with E-state index in [1.807, 2.05) is 4.90 Å². The van der Waals surface area contributed by atoms with Gasteiger partial charge in [0.2, 0.25) is 10.0 Å². The van der Waals surface area contributed by atoms with E-state index >= 15 is 0 Å². The van der Waals surface area contributed by atoms with E-state index in [-0.39, 0.29) is 15.6 Å². The topological polar surface area (TPSA) is 62.6 Å². The van der Waals surface area contributed by atoms with Crippen LogP contribution in [0.5, 0.6) is 0 Å². The molecular formula is C18H18FN3O3S2. The molecule has 1 saturated heterocycles. The number of fused-ring (bicyclic) bond motifs is 1. The zero-order valence-electron chi connectivity index (χ0n) is 14.6. The average Bonchev–Trinajstić information content (AvgIpc) is 2.96. The van der Waals surface area contributed by atoms with Crippen LogP contribution in [0, 0.1) is 5.82 Å². The molecule has 27 heavy (non-hydrogen) atoms. The second-order valence-electron chi connectivity index (χ2n) is 6.42. The average molecular weight is 407 g/mol. The number of sulfonamides is 1. The van der Waals surface area contributed by atoms with Crippen LogP contribution in [-0.2, 0) is 17.1 Å². The van der Waals surface area contributed by atoms with E-state index in [1.165, 1.54) is 21.0 Å². The number of aryl methyl sites for hydroxylation is 1. The lowest BCUT2D eigenvalue weighted by molar-refractivity contribution is 0.385. The molecule has 0 bridgehead atoms. The van der Waals surface area contributed by atoms with E-state index in [0.717, 1.165) is 22.5 Å². The quantitative estimate of drug-likeness (QED) is 0.668. The molecule has 0 amide bonds. The normalized spacial score (nSPS) is 16.1. The molecular weight excluding hydrogens is 389 g/mol. The van der Waals surface area contributed by atoms with Crippen molar-refractivity contribution in [3.8, 4) is 0 Å². The molecule has 0 unspecified atom stereocenters. The van der Waals surface area contributed by atoms with Crippen molar-refractivity contribution >= 4 is 37.3 Å². The van der Waals surface area contributed by atoms with Crippen molar-refractivity contribution in [1.29, 1.82) is 0 Å². The molecule has 0 N–H and O–H groups in total. The van der Waals surface area contributed by atoms with Crippen LogP contribution < -0.4 is 9.77 Å². The number of piperazine rings is 1. The van der Waals surface area contributed by atoms with Crippen LogP contribution in [0.2, 0.25) is 0 Å². The van der Waals surface area contributed by atoms with E-state index in [0.29, 0.717) is 30.9 Å². The van der Waals surface area contributed by atoms with Crippen molar-refractivity contribution in [2.75, 3.05) is 31.1 Å². The van der Waals surface area contributed by atoms with Gasteiger partial charge >= 0.3 is 4.87 Å². The monoisotopic (exact) mass is 407 g/mol. The second kappa shape index (κ2) is 6.74. The maximum atomic E-state index is 13.1. The standard InChI is InChI=1S/C18H18FN3O3S2/c1-20-16-7-6-15(12-17(16)26-18(20)23)27(24,25)22-10-8-21(9-11-22)14-4-2-13(19)3-5-14/h2-7,12H,8-11H2,1H3. The van der Waals surface area contributed by atoms with E-state index in [9.17, 15) is 17.6 Å². The summed E-state index contributed by atoms with van der Waals surface area (Å²) in [7, 11) is -1.96. The lowest BCUT2D eigenvalue weighted by Gasteiger charge is -2.35. The Morgan fingerprint density at radius 1 is 1.00 bits per heavy atom. The third-order valence-corrected chi connectivity index (χ3v) is 7.72. The SMILES string of the molecule is Cn1c(=O)sc2cc(S(=O)(=O)N3CCN(c4ccc(F)cc4)CC3)ccc21. The van der Waals surface area contributed by atoms with Crippen molar-refractivity contribution in [3.05, 3.63) is 57.9 Å². The molecule has 3 aromatic rings. The molecule has 1 aliphatic heterocycles. The van der Waals surface area contributed by atoms with Gasteiger partial charge in [-0.25, -0.2) is 12.8 Å². The van der Waals surface area contributed by atoms with Gasteiger partial charge in [-0.3, -0.25) is 4.79 Å². The van der Waals surface area contributed by atoms with Crippen LogP contribution in [0.4, 0.5) is 10.1 Å². The van der Waals surface area contributed by atoms with E-state index in [4.69, 9.17) is 0 Å². The lowest BCUT2D eigenvalue weighted by atomic mass is 10.2. The summed E-state index contributed by atoms with van der Waals surface area (Å²) >= 11 is 1.04. The molecule has 2 aromatic carbocycles. The zero-order valence-corrected chi connectivity index (χ0v) is 16.3. The summed E-state index contributed by atoms with van der Waals surface area (Å²) in [4.78, 5) is 13.9.